The first-order chi connectivity index (χ1) is 9.54. The Morgan fingerprint density at radius 3 is 2.55 bits per heavy atom. The van der Waals surface area contributed by atoms with E-state index in [4.69, 9.17) is 5.73 Å². The molecule has 1 rings (SSSR count). The molecule has 0 saturated carbocycles. The fourth-order valence-electron chi connectivity index (χ4n) is 1.70. The number of allylic oxidation sites excluding steroid dienone is 1. The molecule has 0 unspecified atom stereocenters. The Morgan fingerprint density at radius 1 is 1.30 bits per heavy atom. The number of guanidine groups is 1. The van der Waals surface area contributed by atoms with Crippen molar-refractivity contribution in [2.75, 3.05) is 11.9 Å². The van der Waals surface area contributed by atoms with Crippen molar-refractivity contribution in [3.63, 3.8) is 0 Å². The van der Waals surface area contributed by atoms with Crippen molar-refractivity contribution in [3.8, 4) is 0 Å². The highest BCUT2D eigenvalue weighted by atomic mass is 16.2. The molecule has 1 aromatic carbocycles. The van der Waals surface area contributed by atoms with Crippen LogP contribution in [0.1, 0.15) is 24.5 Å². The van der Waals surface area contributed by atoms with Crippen LogP contribution in [0, 0.1) is 13.8 Å². The predicted molar refractivity (Wildman–Crippen MR) is 84.0 cm³/mol. The van der Waals surface area contributed by atoms with E-state index in [-0.39, 0.29) is 12.0 Å². The summed E-state index contributed by atoms with van der Waals surface area (Å²) in [6.07, 6.45) is 4.85. The quantitative estimate of drug-likeness (QED) is 0.448. The number of carbonyl (C=O) groups excluding carboxylic acids is 1. The van der Waals surface area contributed by atoms with E-state index in [2.05, 4.69) is 15.6 Å². The molecule has 2 amide bonds. The Balaban J connectivity index is 2.57. The highest BCUT2D eigenvalue weighted by Crippen LogP contribution is 2.18. The molecule has 5 heteroatoms. The highest BCUT2D eigenvalue weighted by molar-refractivity contribution is 6.02. The lowest BCUT2D eigenvalue weighted by molar-refractivity contribution is 0.256. The number of aryl methyl sites for hydroxylation is 2. The number of urea groups is 1. The van der Waals surface area contributed by atoms with Crippen LogP contribution in [-0.2, 0) is 0 Å². The summed E-state index contributed by atoms with van der Waals surface area (Å²) in [6.45, 7) is 6.38. The molecule has 0 saturated heterocycles. The first-order valence-corrected chi connectivity index (χ1v) is 6.63. The molecular weight excluding hydrogens is 252 g/mol. The van der Waals surface area contributed by atoms with Gasteiger partial charge in [-0.05, 0) is 31.4 Å². The maximum atomic E-state index is 11.8. The third-order valence-corrected chi connectivity index (χ3v) is 2.73. The monoisotopic (exact) mass is 274 g/mol. The van der Waals surface area contributed by atoms with Gasteiger partial charge in [0.05, 0.1) is 6.54 Å². The van der Waals surface area contributed by atoms with Gasteiger partial charge in [0, 0.05) is 5.69 Å². The first kappa shape index (κ1) is 15.8. The zero-order chi connectivity index (χ0) is 15.0. The maximum Gasteiger partial charge on any atom is 0.326 e. The highest BCUT2D eigenvalue weighted by Gasteiger charge is 2.07. The lowest BCUT2D eigenvalue weighted by Crippen LogP contribution is -2.39. The number of nitrogens with two attached hydrogens (primary N) is 1. The number of hydrogen-bond acceptors (Lipinski definition) is 2. The third-order valence-electron chi connectivity index (χ3n) is 2.73. The van der Waals surface area contributed by atoms with Crippen LogP contribution in [0.2, 0.25) is 0 Å². The van der Waals surface area contributed by atoms with Gasteiger partial charge >= 0.3 is 6.03 Å². The largest absolute Gasteiger partial charge is 0.370 e. The molecule has 4 N–H and O–H groups in total. The van der Waals surface area contributed by atoms with Crippen molar-refractivity contribution in [3.05, 3.63) is 41.5 Å². The molecular formula is C15H22N4O. The number of nitrogens with zero attached hydrogens (tertiary/aromatic N) is 1. The third kappa shape index (κ3) is 5.14. The molecule has 0 bridgehead atoms. The van der Waals surface area contributed by atoms with E-state index in [1.807, 2.05) is 51.1 Å². The molecule has 20 heavy (non-hydrogen) atoms. The molecule has 0 aromatic heterocycles. The van der Waals surface area contributed by atoms with Crippen LogP contribution in [0.15, 0.2) is 35.3 Å². The maximum absolute atomic E-state index is 11.8. The van der Waals surface area contributed by atoms with Gasteiger partial charge in [-0.3, -0.25) is 5.32 Å². The first-order valence-electron chi connectivity index (χ1n) is 6.63. The lowest BCUT2D eigenvalue weighted by Gasteiger charge is -2.11. The van der Waals surface area contributed by atoms with Crippen molar-refractivity contribution in [2.45, 2.75) is 27.2 Å². The smallest absolute Gasteiger partial charge is 0.326 e. The molecule has 0 radical (unpaired) electrons. The summed E-state index contributed by atoms with van der Waals surface area (Å²) in [6, 6.07) is 5.44. The molecule has 5 nitrogen and oxygen atoms in total. The zero-order valence-electron chi connectivity index (χ0n) is 12.2. The van der Waals surface area contributed by atoms with E-state index < -0.39 is 0 Å². The number of anilines is 1. The number of nitrogens with one attached hydrogen (secondary N) is 2. The molecule has 0 fully saturated rings. The van der Waals surface area contributed by atoms with Crippen LogP contribution < -0.4 is 16.4 Å². The summed E-state index contributed by atoms with van der Waals surface area (Å²) in [5.41, 5.74) is 8.43. The Hall–Kier alpha value is -2.30. The van der Waals surface area contributed by atoms with Crippen LogP contribution in [0.4, 0.5) is 10.5 Å². The van der Waals surface area contributed by atoms with Gasteiger partial charge in [-0.15, -0.1) is 0 Å². The van der Waals surface area contributed by atoms with E-state index in [0.29, 0.717) is 6.54 Å². The minimum atomic E-state index is -0.386. The SMILES string of the molecule is CCC=CCN=C(N)NC(=O)Nc1c(C)cccc1C. The van der Waals surface area contributed by atoms with Gasteiger partial charge < -0.3 is 11.1 Å². The number of aliphatic imine (C=N–C) groups is 1. The van der Waals surface area contributed by atoms with Gasteiger partial charge in [-0.25, -0.2) is 9.79 Å². The zero-order valence-corrected chi connectivity index (χ0v) is 12.2. The number of carbonyl (C=O) groups is 1. The van der Waals surface area contributed by atoms with Crippen LogP contribution in [0.3, 0.4) is 0 Å². The summed E-state index contributed by atoms with van der Waals surface area (Å²) in [5.74, 6) is 0.106. The number of benzene rings is 1. The van der Waals surface area contributed by atoms with Gasteiger partial charge in [0.15, 0.2) is 5.96 Å². The van der Waals surface area contributed by atoms with Crippen molar-refractivity contribution in [2.24, 2.45) is 10.7 Å². The van der Waals surface area contributed by atoms with Crippen LogP contribution in [0.5, 0.6) is 0 Å². The van der Waals surface area contributed by atoms with Crippen molar-refractivity contribution in [1.82, 2.24) is 5.32 Å². The van der Waals surface area contributed by atoms with Gasteiger partial charge in [-0.2, -0.15) is 0 Å². The van der Waals surface area contributed by atoms with Crippen LogP contribution in [0.25, 0.3) is 0 Å². The molecule has 0 heterocycles. The van der Waals surface area contributed by atoms with Crippen molar-refractivity contribution >= 4 is 17.7 Å². The Morgan fingerprint density at radius 2 is 1.95 bits per heavy atom. The second kappa shape index (κ2) is 7.99. The number of hydrogen-bond donors (Lipinski definition) is 3. The van der Waals surface area contributed by atoms with Crippen molar-refractivity contribution in [1.29, 1.82) is 0 Å². The minimum absolute atomic E-state index is 0.106. The normalized spacial score (nSPS) is 11.7. The molecule has 108 valence electrons. The average molecular weight is 274 g/mol. The second-order valence-electron chi connectivity index (χ2n) is 4.45. The summed E-state index contributed by atoms with van der Waals surface area (Å²) in [7, 11) is 0. The van der Waals surface area contributed by atoms with E-state index in [1.54, 1.807) is 0 Å². The van der Waals surface area contributed by atoms with Crippen LogP contribution >= 0.6 is 0 Å². The van der Waals surface area contributed by atoms with E-state index in [9.17, 15) is 4.79 Å². The standard InChI is InChI=1S/C15H22N4O/c1-4-5-6-10-17-14(16)19-15(20)18-13-11(2)8-7-9-12(13)3/h5-9H,4,10H2,1-3H3,(H4,16,17,18,19,20). The summed E-state index contributed by atoms with van der Waals surface area (Å²) in [4.78, 5) is 15.8. The van der Waals surface area contributed by atoms with Crippen LogP contribution in [-0.4, -0.2) is 18.5 Å². The van der Waals surface area contributed by atoms with Gasteiger partial charge in [0.2, 0.25) is 0 Å². The topological polar surface area (TPSA) is 79.5 Å². The molecule has 0 atom stereocenters. The Bertz CT molecular complexity index is 500. The second-order valence-corrected chi connectivity index (χ2v) is 4.45. The number of rotatable bonds is 4. The summed E-state index contributed by atoms with van der Waals surface area (Å²) < 4.78 is 0. The molecule has 0 aliphatic rings. The summed E-state index contributed by atoms with van der Waals surface area (Å²) in [5, 5.41) is 5.29. The van der Waals surface area contributed by atoms with Gasteiger partial charge in [0.1, 0.15) is 0 Å². The van der Waals surface area contributed by atoms with Crippen molar-refractivity contribution < 1.29 is 4.79 Å². The number of amides is 2. The molecule has 0 spiro atoms. The molecule has 1 aromatic rings. The molecule has 0 aliphatic heterocycles. The van der Waals surface area contributed by atoms with Gasteiger partial charge in [0.25, 0.3) is 0 Å². The predicted octanol–water partition coefficient (Wildman–Crippen LogP) is 2.71. The lowest BCUT2D eigenvalue weighted by atomic mass is 10.1. The average Bonchev–Trinajstić information content (AvgIpc) is 2.39. The summed E-state index contributed by atoms with van der Waals surface area (Å²) >= 11 is 0. The number of para-hydroxylation sites is 1. The van der Waals surface area contributed by atoms with Gasteiger partial charge in [-0.1, -0.05) is 37.3 Å². The van der Waals surface area contributed by atoms with E-state index >= 15 is 0 Å². The Kier molecular flexibility index (Phi) is 6.29. The minimum Gasteiger partial charge on any atom is -0.370 e. The molecule has 0 aliphatic carbocycles. The fourth-order valence-corrected chi connectivity index (χ4v) is 1.70. The van der Waals surface area contributed by atoms with E-state index in [0.717, 1.165) is 23.2 Å². The Labute approximate surface area is 120 Å². The fraction of sp³-hybridized carbons (Fsp3) is 0.333. The van der Waals surface area contributed by atoms with E-state index in [1.165, 1.54) is 0 Å².